The number of rotatable bonds is 8. The van der Waals surface area contributed by atoms with Gasteiger partial charge in [0.1, 0.15) is 0 Å². The Morgan fingerprint density at radius 3 is 0.642 bits per heavy atom. The van der Waals surface area contributed by atoms with Crippen LogP contribution >= 0.6 is 34.1 Å². The van der Waals surface area contributed by atoms with E-state index in [0.29, 0.717) is 0 Å². The number of aryl methyl sites for hydroxylation is 4. The minimum absolute atomic E-state index is 0.750. The number of benzene rings is 8. The van der Waals surface area contributed by atoms with Gasteiger partial charge < -0.3 is 20.3 Å². The van der Waals surface area contributed by atoms with Crippen LogP contribution in [0.15, 0.2) is 243 Å². The molecule has 0 heterocycles. The van der Waals surface area contributed by atoms with Crippen molar-refractivity contribution in [2.75, 3.05) is 0 Å². The molecule has 12 aromatic carbocycles. The van der Waals surface area contributed by atoms with E-state index in [4.69, 9.17) is 34.1 Å². The monoisotopic (exact) mass is 1320 g/mol. The summed E-state index contributed by atoms with van der Waals surface area (Å²) in [5, 5.41) is 10.9. The fourth-order valence-electron chi connectivity index (χ4n) is 9.48. The van der Waals surface area contributed by atoms with Gasteiger partial charge in [0.05, 0.1) is 0 Å². The third-order valence-corrected chi connectivity index (χ3v) is 13.2. The van der Waals surface area contributed by atoms with E-state index in [2.05, 4.69) is 305 Å². The average molecular weight is 1330 g/mol. The summed E-state index contributed by atoms with van der Waals surface area (Å²) >= 11 is -1.65. The maximum atomic E-state index is 4.93. The second kappa shape index (κ2) is 39.9. The van der Waals surface area contributed by atoms with Gasteiger partial charge in [-0.25, -0.2) is 0 Å². The first-order chi connectivity index (χ1) is 39.8. The second-order valence-corrected chi connectivity index (χ2v) is 25.5. The quantitative estimate of drug-likeness (QED) is 0.105. The van der Waals surface area contributed by atoms with Gasteiger partial charge in [-0.3, -0.25) is 0 Å². The number of hydrogen-bond donors (Lipinski definition) is 0. The molecule has 0 aromatic heterocycles. The van der Waals surface area contributed by atoms with E-state index in [1.165, 1.54) is 110 Å². The first-order valence-electron chi connectivity index (χ1n) is 27.2. The van der Waals surface area contributed by atoms with E-state index in [9.17, 15) is 0 Å². The Morgan fingerprint density at radius 1 is 0.309 bits per heavy atom. The van der Waals surface area contributed by atoms with Crippen molar-refractivity contribution in [3.63, 3.8) is 0 Å². The molecule has 81 heavy (non-hydrogen) atoms. The predicted molar refractivity (Wildman–Crippen MR) is 359 cm³/mol. The number of hydrogen-bond acceptors (Lipinski definition) is 0. The van der Waals surface area contributed by atoms with Gasteiger partial charge in [0.15, 0.2) is 0 Å². The molecule has 0 bridgehead atoms. The molecule has 8 heteroatoms. The van der Waals surface area contributed by atoms with Crippen LogP contribution in [-0.4, -0.2) is 20.5 Å². The van der Waals surface area contributed by atoms with Crippen molar-refractivity contribution < 1.29 is 41.7 Å². The summed E-state index contributed by atoms with van der Waals surface area (Å²) in [5.41, 5.74) is 16.2. The van der Waals surface area contributed by atoms with Crippen molar-refractivity contribution >= 4 is 97.6 Å². The van der Waals surface area contributed by atoms with E-state index in [1.54, 1.807) is 13.1 Å². The summed E-state index contributed by atoms with van der Waals surface area (Å²) in [7, 11) is 25.7. The van der Waals surface area contributed by atoms with Crippen LogP contribution in [0.1, 0.15) is 56.4 Å². The van der Waals surface area contributed by atoms with Crippen LogP contribution in [0.3, 0.4) is 0 Å². The third kappa shape index (κ3) is 21.0. The molecule has 0 unspecified atom stereocenters. The fourth-order valence-corrected chi connectivity index (χ4v) is 9.48. The molecule has 0 amide bonds. The van der Waals surface area contributed by atoms with Gasteiger partial charge in [-0.15, -0.1) is 138 Å². The van der Waals surface area contributed by atoms with Crippen molar-refractivity contribution in [2.45, 2.75) is 72.9 Å². The summed E-state index contributed by atoms with van der Waals surface area (Å²) in [6, 6.07) is 87.0. The summed E-state index contributed by atoms with van der Waals surface area (Å²) < 4.78 is 0. The topological polar surface area (TPSA) is 0 Å². The fraction of sp³-hybridized carbons (Fsp3) is 0.151. The van der Waals surface area contributed by atoms with E-state index >= 15 is 0 Å². The molecule has 6 radical (unpaired) electrons. The molecule has 0 aliphatic carbocycles. The zero-order chi connectivity index (χ0) is 58.8. The third-order valence-electron chi connectivity index (χ3n) is 13.2. The summed E-state index contributed by atoms with van der Waals surface area (Å²) in [4.78, 5) is 0. The SMILES string of the molecule is CCc1cc2c(-c3ccccc3)cccc2[cH-]1.CCc1cc2c(-c3ccccc3)cccc2[cH-]1.CCc1cc2c(-c3ccccc3)cccc2[cH-]1.CCc1cc2c(-c3ccccc3)cccc2[cH-]1.C[Si].C[Si].[CH2-]C[CH2-].[Cl][Zr][Cl].[Cl][Zr][Cl]. The molecule has 0 atom stereocenters. The van der Waals surface area contributed by atoms with Crippen LogP contribution in [0, 0.1) is 13.8 Å². The molecule has 12 rings (SSSR count). The minimum atomic E-state index is -0.826. The maximum absolute atomic E-state index is 4.93. The normalized spacial score (nSPS) is 9.85. The molecule has 414 valence electrons. The van der Waals surface area contributed by atoms with E-state index in [1.807, 2.05) is 0 Å². The van der Waals surface area contributed by atoms with Crippen LogP contribution < -0.4 is 0 Å². The zero-order valence-corrected chi connectivity index (χ0v) is 57.5. The van der Waals surface area contributed by atoms with Gasteiger partial charge in [0.25, 0.3) is 0 Å². The van der Waals surface area contributed by atoms with E-state index in [0.717, 1.165) is 32.1 Å². The molecule has 12 aromatic rings. The molecule has 0 aliphatic rings. The summed E-state index contributed by atoms with van der Waals surface area (Å²) in [6.07, 6.45) is 5.15. The number of halogens is 4. The molecule has 0 fully saturated rings. The molecule has 0 saturated carbocycles. The Labute approximate surface area is 529 Å². The average Bonchev–Trinajstić information content (AvgIpc) is 4.40. The predicted octanol–water partition coefficient (Wildman–Crippen LogP) is 23.4. The van der Waals surface area contributed by atoms with Crippen LogP contribution in [0.5, 0.6) is 0 Å². The number of fused-ring (bicyclic) bond motifs is 4. The Hall–Kier alpha value is -4.44. The molecule has 0 nitrogen and oxygen atoms in total. The molecular weight excluding hydrogens is 1260 g/mol. The van der Waals surface area contributed by atoms with E-state index < -0.39 is 41.7 Å². The first kappa shape index (κ1) is 69.1. The first-order valence-corrected chi connectivity index (χ1v) is 41.9. The van der Waals surface area contributed by atoms with Crippen molar-refractivity contribution in [3.05, 3.63) is 279 Å². The standard InChI is InChI=1S/4C17H15.C3H6.2CH3Si.4ClH.2Zr/c4*1-2-13-11-15-9-6-10-16(17(15)12-13)14-7-4-3-5-8-14;1-3-2;2*1-2;;;;;;/h4*3-12H,2H2,1H3;1-3H2;2*1H3;4*1H;;/q4*-1;-2;;;;;;;2*+2/p-4. The van der Waals surface area contributed by atoms with Crippen molar-refractivity contribution in [1.29, 1.82) is 0 Å². The molecule has 0 saturated heterocycles. The van der Waals surface area contributed by atoms with E-state index in [-0.39, 0.29) is 0 Å². The van der Waals surface area contributed by atoms with Crippen LogP contribution in [-0.2, 0) is 67.4 Å². The van der Waals surface area contributed by atoms with Gasteiger partial charge in [-0.05, 0) is 47.9 Å². The van der Waals surface area contributed by atoms with Gasteiger partial charge in [-0.2, -0.15) is 24.3 Å². The molecule has 0 spiro atoms. The Balaban J connectivity index is 0.000000217. The van der Waals surface area contributed by atoms with Gasteiger partial charge in [0, 0.05) is 20.5 Å². The van der Waals surface area contributed by atoms with Crippen LogP contribution in [0.2, 0.25) is 13.1 Å². The molecular formula is C73H72Cl4Si2Zr2-6. The Morgan fingerprint density at radius 2 is 0.481 bits per heavy atom. The molecule has 0 aliphatic heterocycles. The van der Waals surface area contributed by atoms with Crippen LogP contribution in [0.4, 0.5) is 0 Å². The Bertz CT molecular complexity index is 3090. The van der Waals surface area contributed by atoms with Gasteiger partial charge in [-0.1, -0.05) is 209 Å². The Kier molecular flexibility index (Phi) is 34.0. The zero-order valence-electron chi connectivity index (χ0n) is 47.6. The van der Waals surface area contributed by atoms with Crippen molar-refractivity contribution in [2.24, 2.45) is 0 Å². The van der Waals surface area contributed by atoms with Crippen LogP contribution in [0.25, 0.3) is 87.6 Å². The molecule has 0 N–H and O–H groups in total. The van der Waals surface area contributed by atoms with Crippen molar-refractivity contribution in [1.82, 2.24) is 0 Å². The van der Waals surface area contributed by atoms with Gasteiger partial charge in [0.2, 0.25) is 0 Å². The van der Waals surface area contributed by atoms with Crippen molar-refractivity contribution in [3.8, 4) is 44.5 Å². The summed E-state index contributed by atoms with van der Waals surface area (Å²) in [6.45, 7) is 19.2. The second-order valence-electron chi connectivity index (χ2n) is 18.1. The van der Waals surface area contributed by atoms with Gasteiger partial charge >= 0.3 is 75.7 Å². The summed E-state index contributed by atoms with van der Waals surface area (Å²) in [5.74, 6) is 0.